The second kappa shape index (κ2) is 12.1. The summed E-state index contributed by atoms with van der Waals surface area (Å²) < 4.78 is 13.0. The third kappa shape index (κ3) is 7.04. The number of rotatable bonds is 4. The molecule has 1 atom stereocenters. The van der Waals surface area contributed by atoms with Crippen LogP contribution in [0.25, 0.3) is 32.9 Å². The van der Waals surface area contributed by atoms with Crippen molar-refractivity contribution in [1.82, 2.24) is 19.4 Å². The Kier molecular flexibility index (Phi) is 8.30. The van der Waals surface area contributed by atoms with Crippen LogP contribution in [-0.2, 0) is 14.3 Å². The molecule has 0 aliphatic carbocycles. The van der Waals surface area contributed by atoms with Gasteiger partial charge in [-0.1, -0.05) is 24.3 Å². The number of aromatic nitrogens is 2. The zero-order chi connectivity index (χ0) is 32.8. The molecule has 2 aliphatic heterocycles. The van der Waals surface area contributed by atoms with E-state index in [0.29, 0.717) is 26.1 Å². The number of ether oxygens (including phenoxy) is 2. The maximum Gasteiger partial charge on any atom is 0.410 e. The van der Waals surface area contributed by atoms with E-state index in [1.54, 1.807) is 4.90 Å². The number of carbonyl (C=O) groups is 3. The molecule has 2 N–H and O–H groups in total. The first kappa shape index (κ1) is 31.6. The van der Waals surface area contributed by atoms with E-state index in [1.165, 1.54) is 0 Å². The maximum atomic E-state index is 13.0. The van der Waals surface area contributed by atoms with Gasteiger partial charge in [-0.2, -0.15) is 0 Å². The van der Waals surface area contributed by atoms with Gasteiger partial charge < -0.3 is 29.2 Å². The molecule has 2 aliphatic rings. The van der Waals surface area contributed by atoms with Crippen molar-refractivity contribution in [2.75, 3.05) is 25.0 Å². The normalized spacial score (nSPS) is 17.6. The Bertz CT molecular complexity index is 1810. The molecule has 1 aromatic heterocycles. The van der Waals surface area contributed by atoms with E-state index >= 15 is 0 Å². The lowest BCUT2D eigenvalue weighted by molar-refractivity contribution is -0.119. The Morgan fingerprint density at radius 1 is 0.870 bits per heavy atom. The van der Waals surface area contributed by atoms with Crippen molar-refractivity contribution >= 4 is 60.0 Å². The zero-order valence-corrected chi connectivity index (χ0v) is 28.4. The van der Waals surface area contributed by atoms with Gasteiger partial charge in [0.1, 0.15) is 16.6 Å². The lowest BCUT2D eigenvalue weighted by Gasteiger charge is -2.26. The topological polar surface area (TPSA) is 117 Å². The third-order valence-electron chi connectivity index (χ3n) is 8.14. The Morgan fingerprint density at radius 2 is 1.54 bits per heavy atom. The molecule has 11 heteroatoms. The minimum absolute atomic E-state index is 0.0941. The summed E-state index contributed by atoms with van der Waals surface area (Å²) >= 11 is 0. The van der Waals surface area contributed by atoms with E-state index in [0.717, 1.165) is 56.5 Å². The van der Waals surface area contributed by atoms with Crippen LogP contribution in [0.1, 0.15) is 54.4 Å². The van der Waals surface area contributed by atoms with Crippen LogP contribution in [-0.4, -0.2) is 77.3 Å². The summed E-state index contributed by atoms with van der Waals surface area (Å²) in [6, 6.07) is 19.3. The number of carbonyl (C=O) groups excluding carboxylic acids is 3. The van der Waals surface area contributed by atoms with Gasteiger partial charge in [-0.3, -0.25) is 4.79 Å². The van der Waals surface area contributed by atoms with E-state index < -0.39 is 20.2 Å². The van der Waals surface area contributed by atoms with Crippen molar-refractivity contribution in [3.63, 3.8) is 0 Å². The number of fused-ring (bicyclic) bond motifs is 2. The summed E-state index contributed by atoms with van der Waals surface area (Å²) in [5.41, 5.74) is 4.45. The molecule has 1 radical (unpaired) electrons. The first-order valence-corrected chi connectivity index (χ1v) is 17.6. The number of nitrogens with one attached hydrogen (secondary N) is 2. The van der Waals surface area contributed by atoms with Crippen molar-refractivity contribution in [2.24, 2.45) is 5.92 Å². The Balaban J connectivity index is 1.13. The highest BCUT2D eigenvalue weighted by atomic mass is 28.3. The maximum absolute atomic E-state index is 13.0. The molecule has 2 saturated heterocycles. The largest absolute Gasteiger partial charge is 0.444 e. The molecular weight excluding hydrogens is 599 g/mol. The van der Waals surface area contributed by atoms with Gasteiger partial charge in [-0.25, -0.2) is 14.6 Å². The van der Waals surface area contributed by atoms with Crippen LogP contribution in [0.3, 0.4) is 0 Å². The molecule has 0 spiro atoms. The lowest BCUT2D eigenvalue weighted by atomic mass is 10.0. The van der Waals surface area contributed by atoms with Gasteiger partial charge in [0, 0.05) is 25.3 Å². The van der Waals surface area contributed by atoms with Crippen LogP contribution in [0.15, 0.2) is 54.6 Å². The fourth-order valence-corrected chi connectivity index (χ4v) is 8.46. The number of aromatic amines is 1. The van der Waals surface area contributed by atoms with Crippen LogP contribution >= 0.6 is 0 Å². The van der Waals surface area contributed by atoms with E-state index in [9.17, 15) is 14.4 Å². The Hall–Kier alpha value is -4.38. The summed E-state index contributed by atoms with van der Waals surface area (Å²) in [6.45, 7) is 12.7. The monoisotopic (exact) mass is 640 g/mol. The number of hydrogen-bond donors (Lipinski definition) is 2. The summed E-state index contributed by atoms with van der Waals surface area (Å²) in [5.74, 6) is -0.372. The number of benzene rings is 3. The second-order valence-electron chi connectivity index (χ2n) is 14.2. The van der Waals surface area contributed by atoms with Crippen LogP contribution < -0.4 is 10.8 Å². The average molecular weight is 641 g/mol. The number of amides is 3. The number of nitrogens with zero attached hydrogens (tertiary/aromatic N) is 3. The van der Waals surface area contributed by atoms with Crippen molar-refractivity contribution in [2.45, 2.75) is 71.6 Å². The summed E-state index contributed by atoms with van der Waals surface area (Å²) in [5, 5.41) is 5.11. The molecule has 0 bridgehead atoms. The quantitative estimate of drug-likeness (QED) is 0.249. The second-order valence-corrected chi connectivity index (χ2v) is 16.6. The van der Waals surface area contributed by atoms with Crippen molar-refractivity contribution in [3.8, 4) is 11.1 Å². The van der Waals surface area contributed by atoms with Crippen LogP contribution in [0.2, 0.25) is 6.04 Å². The molecule has 3 heterocycles. The van der Waals surface area contributed by atoms with Crippen LogP contribution in [0.5, 0.6) is 0 Å². The first-order chi connectivity index (χ1) is 21.7. The van der Waals surface area contributed by atoms with E-state index in [-0.39, 0.29) is 24.0 Å². The fraction of sp³-hybridized carbons (Fsp3) is 0.429. The molecule has 3 aromatic carbocycles. The smallest absolute Gasteiger partial charge is 0.410 e. The number of hydrogen-bond acceptors (Lipinski definition) is 6. The predicted octanol–water partition coefficient (Wildman–Crippen LogP) is 6.42. The summed E-state index contributed by atoms with van der Waals surface area (Å²) in [6.07, 6.45) is 0.916. The standard InChI is InChI=1S/C35H42N5O5Si/c1-34(2,3)44-32(42)39-16-14-26(21-39)30(41)36-27-12-10-23-18-22(8-9-24(23)19-27)25-11-13-28-29(20-25)38-31(37-28)46-17-7-15-40(46)33(43)45-35(4,5)6/h8-13,18-20,26H,7,14-17,21H2,1-6H3,(H,36,41)(H,37,38). The van der Waals surface area contributed by atoms with Crippen LogP contribution in [0.4, 0.5) is 15.3 Å². The van der Waals surface area contributed by atoms with Crippen molar-refractivity contribution < 1.29 is 23.9 Å². The van der Waals surface area contributed by atoms with Gasteiger partial charge >= 0.3 is 12.2 Å². The van der Waals surface area contributed by atoms with Gasteiger partial charge in [0.15, 0.2) is 0 Å². The fourth-order valence-electron chi connectivity index (χ4n) is 5.98. The summed E-state index contributed by atoms with van der Waals surface area (Å²) in [7, 11) is -1.36. The van der Waals surface area contributed by atoms with E-state index in [4.69, 9.17) is 14.5 Å². The third-order valence-corrected chi connectivity index (χ3v) is 10.8. The lowest BCUT2D eigenvalue weighted by Crippen LogP contribution is -2.50. The van der Waals surface area contributed by atoms with E-state index in [1.807, 2.05) is 70.4 Å². The average Bonchev–Trinajstić information content (AvgIpc) is 3.74. The molecule has 1 unspecified atom stereocenters. The highest BCUT2D eigenvalue weighted by Crippen LogP contribution is 2.29. The molecule has 241 valence electrons. The molecule has 46 heavy (non-hydrogen) atoms. The molecule has 2 fully saturated rings. The molecule has 4 aromatic rings. The van der Waals surface area contributed by atoms with Crippen LogP contribution in [0, 0.1) is 5.92 Å². The van der Waals surface area contributed by atoms with Gasteiger partial charge in [0.25, 0.3) is 8.96 Å². The van der Waals surface area contributed by atoms with Gasteiger partial charge in [0.05, 0.1) is 17.0 Å². The van der Waals surface area contributed by atoms with Gasteiger partial charge in [-0.15, -0.1) is 0 Å². The summed E-state index contributed by atoms with van der Waals surface area (Å²) in [4.78, 5) is 48.3. The highest BCUT2D eigenvalue weighted by molar-refractivity contribution is 6.71. The van der Waals surface area contributed by atoms with E-state index in [2.05, 4.69) is 40.6 Å². The number of H-pyrrole nitrogens is 1. The molecule has 10 nitrogen and oxygen atoms in total. The van der Waals surface area contributed by atoms with Crippen molar-refractivity contribution in [1.29, 1.82) is 0 Å². The molecule has 3 amide bonds. The Labute approximate surface area is 271 Å². The SMILES string of the molecule is CC(C)(C)OC(=O)N1CCC(C(=O)Nc2ccc3cc(-c4ccc5nc([Si]6CCCN6C(=O)OC(C)(C)C)[nH]c5c4)ccc3c2)C1. The predicted molar refractivity (Wildman–Crippen MR) is 181 cm³/mol. The molecule has 6 rings (SSSR count). The highest BCUT2D eigenvalue weighted by Gasteiger charge is 2.37. The number of likely N-dealkylation sites (tertiary alicyclic amines) is 1. The van der Waals surface area contributed by atoms with Gasteiger partial charge in [0.2, 0.25) is 5.91 Å². The van der Waals surface area contributed by atoms with Crippen molar-refractivity contribution in [3.05, 3.63) is 54.6 Å². The first-order valence-electron chi connectivity index (χ1n) is 15.9. The number of imidazole rings is 1. The minimum Gasteiger partial charge on any atom is -0.444 e. The Morgan fingerprint density at radius 3 is 2.30 bits per heavy atom. The number of anilines is 1. The van der Waals surface area contributed by atoms with Gasteiger partial charge in [-0.05, 0) is 113 Å². The zero-order valence-electron chi connectivity index (χ0n) is 27.4. The molecular formula is C35H42N5O5Si. The molecule has 0 saturated carbocycles. The minimum atomic E-state index is -1.36.